The number of Topliss-reactive ketones (excluding diaryl/α,β-unsaturated/α-hetero) is 1. The maximum atomic E-state index is 13.4. The van der Waals surface area contributed by atoms with Gasteiger partial charge in [0.2, 0.25) is 0 Å². The molecule has 0 aliphatic carbocycles. The van der Waals surface area contributed by atoms with Crippen LogP contribution in [0.3, 0.4) is 0 Å². The van der Waals surface area contributed by atoms with Gasteiger partial charge in [-0.3, -0.25) is 19.3 Å². The third-order valence-electron chi connectivity index (χ3n) is 6.23. The number of aliphatic carboxylic acids is 1. The van der Waals surface area contributed by atoms with Crippen LogP contribution in [0.5, 0.6) is 11.5 Å². The van der Waals surface area contributed by atoms with E-state index in [1.807, 2.05) is 20.8 Å². The van der Waals surface area contributed by atoms with Crippen LogP contribution in [0.25, 0.3) is 5.76 Å². The van der Waals surface area contributed by atoms with Gasteiger partial charge in [0, 0.05) is 11.3 Å². The van der Waals surface area contributed by atoms with Crippen molar-refractivity contribution in [2.24, 2.45) is 0 Å². The summed E-state index contributed by atoms with van der Waals surface area (Å²) in [4.78, 5) is 39.2. The zero-order valence-electron chi connectivity index (χ0n) is 21.6. The van der Waals surface area contributed by atoms with Gasteiger partial charge in [0.25, 0.3) is 11.7 Å². The number of ether oxygens (including phenoxy) is 2. The van der Waals surface area contributed by atoms with E-state index in [1.54, 1.807) is 66.7 Å². The summed E-state index contributed by atoms with van der Waals surface area (Å²) in [6, 6.07) is 17.5. The number of benzene rings is 3. The molecule has 2 N–H and O–H groups in total. The fraction of sp³-hybridized carbons (Fsp3) is 0.233. The highest BCUT2D eigenvalue weighted by atomic mass is 16.5. The molecule has 1 aliphatic rings. The topological polar surface area (TPSA) is 113 Å². The minimum atomic E-state index is -0.977. The van der Waals surface area contributed by atoms with Gasteiger partial charge in [0.15, 0.2) is 0 Å². The van der Waals surface area contributed by atoms with Gasteiger partial charge in [-0.2, -0.15) is 0 Å². The van der Waals surface area contributed by atoms with E-state index < -0.39 is 23.7 Å². The Labute approximate surface area is 220 Å². The van der Waals surface area contributed by atoms with E-state index in [0.29, 0.717) is 33.9 Å². The molecule has 3 aromatic rings. The molecule has 1 amide bonds. The van der Waals surface area contributed by atoms with Crippen molar-refractivity contribution in [1.29, 1.82) is 0 Å². The summed E-state index contributed by atoms with van der Waals surface area (Å²) in [5, 5.41) is 20.5. The zero-order valence-corrected chi connectivity index (χ0v) is 21.6. The molecule has 8 heteroatoms. The molecule has 1 atom stereocenters. The number of aryl methyl sites for hydroxylation is 1. The highest BCUT2D eigenvalue weighted by Gasteiger charge is 2.47. The molecule has 1 saturated heterocycles. The lowest BCUT2D eigenvalue weighted by molar-refractivity contribution is -0.136. The number of nitrogens with zero attached hydrogens (tertiary/aromatic N) is 1. The number of methoxy groups -OCH3 is 1. The van der Waals surface area contributed by atoms with Crippen molar-refractivity contribution in [1.82, 2.24) is 0 Å². The lowest BCUT2D eigenvalue weighted by Crippen LogP contribution is -2.29. The van der Waals surface area contributed by atoms with Gasteiger partial charge in [-0.25, -0.2) is 0 Å². The summed E-state index contributed by atoms with van der Waals surface area (Å²) < 4.78 is 11.2. The van der Waals surface area contributed by atoms with Gasteiger partial charge in [-0.05, 0) is 79.9 Å². The Bertz CT molecular complexity index is 1420. The van der Waals surface area contributed by atoms with Crippen molar-refractivity contribution in [2.45, 2.75) is 39.3 Å². The Balaban J connectivity index is 1.87. The Morgan fingerprint density at radius 1 is 1.00 bits per heavy atom. The van der Waals surface area contributed by atoms with Crippen molar-refractivity contribution in [3.05, 3.63) is 94.6 Å². The normalized spacial score (nSPS) is 16.7. The first-order valence-corrected chi connectivity index (χ1v) is 12.1. The van der Waals surface area contributed by atoms with E-state index in [1.165, 1.54) is 12.0 Å². The van der Waals surface area contributed by atoms with Crippen LogP contribution < -0.4 is 14.4 Å². The number of hydrogen-bond acceptors (Lipinski definition) is 6. The molecule has 196 valence electrons. The summed E-state index contributed by atoms with van der Waals surface area (Å²) in [6.45, 7) is 5.67. The van der Waals surface area contributed by atoms with Gasteiger partial charge in [0.05, 0.1) is 31.2 Å². The first-order chi connectivity index (χ1) is 18.1. The first-order valence-electron chi connectivity index (χ1n) is 12.1. The van der Waals surface area contributed by atoms with Crippen molar-refractivity contribution < 1.29 is 34.1 Å². The Morgan fingerprint density at radius 3 is 2.32 bits per heavy atom. The van der Waals surface area contributed by atoms with Gasteiger partial charge in [0.1, 0.15) is 17.3 Å². The Kier molecular flexibility index (Phi) is 7.52. The summed E-state index contributed by atoms with van der Waals surface area (Å²) in [6.07, 6.45) is -0.206. The van der Waals surface area contributed by atoms with Crippen molar-refractivity contribution >= 4 is 29.1 Å². The van der Waals surface area contributed by atoms with Crippen molar-refractivity contribution in [2.75, 3.05) is 12.0 Å². The molecule has 1 fully saturated rings. The summed E-state index contributed by atoms with van der Waals surface area (Å²) >= 11 is 0. The molecule has 38 heavy (non-hydrogen) atoms. The van der Waals surface area contributed by atoms with E-state index >= 15 is 0 Å². The number of carbonyl (C=O) groups excluding carboxylic acids is 2. The number of aliphatic hydroxyl groups excluding tert-OH is 1. The molecule has 1 aliphatic heterocycles. The molecule has 0 saturated carbocycles. The number of carboxylic acid groups (broad SMARTS) is 1. The molecule has 4 rings (SSSR count). The maximum absolute atomic E-state index is 13.4. The molecule has 8 nitrogen and oxygen atoms in total. The molecule has 1 unspecified atom stereocenters. The van der Waals surface area contributed by atoms with Gasteiger partial charge in [-0.15, -0.1) is 0 Å². The zero-order chi connectivity index (χ0) is 27.6. The standard InChI is InChI=1S/C30H29NO7/c1-17(2)38-24-13-10-21(14-18(24)3)28(34)26-27(20-6-5-7-23(16-20)37-4)31(30(36)29(26)35)22-11-8-19(9-12-22)15-25(32)33/h5-14,16-17,27,34H,15H2,1-4H3,(H,32,33)/b28-26+. The molecule has 0 radical (unpaired) electrons. The number of amides is 1. The molecule has 0 spiro atoms. The first kappa shape index (κ1) is 26.5. The van der Waals surface area contributed by atoms with E-state index in [4.69, 9.17) is 14.6 Å². The SMILES string of the molecule is COc1cccc(C2/C(=C(\O)c3ccc(OC(C)C)c(C)c3)C(=O)C(=O)N2c2ccc(CC(=O)O)cc2)c1. The minimum Gasteiger partial charge on any atom is -0.507 e. The molecule has 0 bridgehead atoms. The van der Waals surface area contributed by atoms with Crippen LogP contribution in [0.1, 0.15) is 42.1 Å². The molecule has 1 heterocycles. The maximum Gasteiger partial charge on any atom is 0.307 e. The van der Waals surface area contributed by atoms with Crippen LogP contribution >= 0.6 is 0 Å². The highest BCUT2D eigenvalue weighted by molar-refractivity contribution is 6.51. The minimum absolute atomic E-state index is 0.0339. The summed E-state index contributed by atoms with van der Waals surface area (Å²) in [5.74, 6) is -1.74. The Morgan fingerprint density at radius 2 is 1.71 bits per heavy atom. The quantitative estimate of drug-likeness (QED) is 0.245. The number of ketones is 1. The van der Waals surface area contributed by atoms with Gasteiger partial charge < -0.3 is 19.7 Å². The van der Waals surface area contributed by atoms with Crippen LogP contribution in [0.15, 0.2) is 72.3 Å². The lowest BCUT2D eigenvalue weighted by atomic mass is 9.94. The number of carboxylic acids is 1. The van der Waals surface area contributed by atoms with Crippen LogP contribution in [-0.2, 0) is 20.8 Å². The van der Waals surface area contributed by atoms with E-state index in [9.17, 15) is 19.5 Å². The van der Waals surface area contributed by atoms with Crippen molar-refractivity contribution in [3.8, 4) is 11.5 Å². The average molecular weight is 516 g/mol. The number of aliphatic hydroxyl groups is 1. The second kappa shape index (κ2) is 10.8. The fourth-order valence-electron chi connectivity index (χ4n) is 4.51. The third-order valence-corrected chi connectivity index (χ3v) is 6.23. The fourth-order valence-corrected chi connectivity index (χ4v) is 4.51. The molecular weight excluding hydrogens is 486 g/mol. The van der Waals surface area contributed by atoms with E-state index in [0.717, 1.165) is 5.56 Å². The summed E-state index contributed by atoms with van der Waals surface area (Å²) in [7, 11) is 1.51. The largest absolute Gasteiger partial charge is 0.507 e. The second-order valence-corrected chi connectivity index (χ2v) is 9.33. The van der Waals surface area contributed by atoms with Crippen LogP contribution in [-0.4, -0.2) is 41.1 Å². The monoisotopic (exact) mass is 515 g/mol. The smallest absolute Gasteiger partial charge is 0.307 e. The van der Waals surface area contributed by atoms with E-state index in [-0.39, 0.29) is 23.9 Å². The second-order valence-electron chi connectivity index (χ2n) is 9.33. The molecular formula is C30H29NO7. The van der Waals surface area contributed by atoms with Gasteiger partial charge in [-0.1, -0.05) is 24.3 Å². The lowest BCUT2D eigenvalue weighted by Gasteiger charge is -2.26. The summed E-state index contributed by atoms with van der Waals surface area (Å²) in [5.41, 5.74) is 2.59. The highest BCUT2D eigenvalue weighted by Crippen LogP contribution is 2.43. The molecule has 0 aromatic heterocycles. The predicted molar refractivity (Wildman–Crippen MR) is 143 cm³/mol. The van der Waals surface area contributed by atoms with Gasteiger partial charge >= 0.3 is 5.97 Å². The van der Waals surface area contributed by atoms with E-state index in [2.05, 4.69) is 0 Å². The number of rotatable bonds is 8. The average Bonchev–Trinajstić information content (AvgIpc) is 3.15. The number of carbonyl (C=O) groups is 3. The third kappa shape index (κ3) is 5.25. The number of hydrogen-bond donors (Lipinski definition) is 2. The number of anilines is 1. The predicted octanol–water partition coefficient (Wildman–Crippen LogP) is 5.04. The van der Waals surface area contributed by atoms with Crippen LogP contribution in [0.4, 0.5) is 5.69 Å². The Hall–Kier alpha value is -4.59. The van der Waals surface area contributed by atoms with Crippen LogP contribution in [0.2, 0.25) is 0 Å². The van der Waals surface area contributed by atoms with Crippen molar-refractivity contribution in [3.63, 3.8) is 0 Å². The molecule has 3 aromatic carbocycles. The van der Waals surface area contributed by atoms with Crippen LogP contribution in [0, 0.1) is 6.92 Å².